The molecule has 1 atom stereocenters. The highest BCUT2D eigenvalue weighted by atomic mass is 32.2. The van der Waals surface area contributed by atoms with Crippen LogP contribution in [0.15, 0.2) is 23.1 Å². The summed E-state index contributed by atoms with van der Waals surface area (Å²) in [6, 6.07) is 6.59. The molecule has 18 heavy (non-hydrogen) atoms. The van der Waals surface area contributed by atoms with Crippen molar-refractivity contribution in [3.63, 3.8) is 0 Å². The Morgan fingerprint density at radius 3 is 2.56 bits per heavy atom. The van der Waals surface area contributed by atoms with Crippen LogP contribution in [0.1, 0.15) is 31.4 Å². The van der Waals surface area contributed by atoms with Crippen molar-refractivity contribution in [3.05, 3.63) is 29.3 Å². The van der Waals surface area contributed by atoms with Crippen molar-refractivity contribution in [1.82, 2.24) is 5.32 Å². The van der Waals surface area contributed by atoms with Gasteiger partial charge in [0, 0.05) is 10.4 Å². The monoisotopic (exact) mass is 267 g/mol. The molecular formula is C15H25NOS. The molecule has 1 rings (SSSR count). The third-order valence-corrected chi connectivity index (χ3v) is 4.35. The fourth-order valence-electron chi connectivity index (χ4n) is 1.85. The Morgan fingerprint density at radius 1 is 1.28 bits per heavy atom. The highest BCUT2D eigenvalue weighted by Crippen LogP contribution is 2.24. The zero-order valence-corrected chi connectivity index (χ0v) is 12.7. The molecule has 0 bridgehead atoms. The van der Waals surface area contributed by atoms with E-state index in [0.717, 1.165) is 18.7 Å². The Kier molecular flexibility index (Phi) is 6.19. The third-order valence-electron chi connectivity index (χ3n) is 3.35. The smallest absolute Gasteiger partial charge is 0.0610 e. The first kappa shape index (κ1) is 15.5. The maximum absolute atomic E-state index is 9.42. The van der Waals surface area contributed by atoms with Crippen LogP contribution in [0.5, 0.6) is 0 Å². The van der Waals surface area contributed by atoms with Gasteiger partial charge in [-0.25, -0.2) is 0 Å². The minimum Gasteiger partial charge on any atom is -0.394 e. The SMILES string of the molecule is CCNC(C)(CO)CCSc1ccc(C)c(C)c1. The van der Waals surface area contributed by atoms with Gasteiger partial charge in [-0.15, -0.1) is 11.8 Å². The number of aliphatic hydroxyl groups excluding tert-OH is 1. The number of hydrogen-bond acceptors (Lipinski definition) is 3. The lowest BCUT2D eigenvalue weighted by molar-refractivity contribution is 0.173. The molecule has 0 aliphatic heterocycles. The molecule has 0 heterocycles. The predicted octanol–water partition coefficient (Wildman–Crippen LogP) is 3.15. The fourth-order valence-corrected chi connectivity index (χ4v) is 3.06. The van der Waals surface area contributed by atoms with Gasteiger partial charge >= 0.3 is 0 Å². The fraction of sp³-hybridized carbons (Fsp3) is 0.600. The van der Waals surface area contributed by atoms with E-state index in [9.17, 15) is 5.11 Å². The Morgan fingerprint density at radius 2 is 2.00 bits per heavy atom. The molecule has 0 fully saturated rings. The first-order valence-electron chi connectivity index (χ1n) is 6.56. The predicted molar refractivity (Wildman–Crippen MR) is 80.4 cm³/mol. The molecule has 3 heteroatoms. The number of thioether (sulfide) groups is 1. The van der Waals surface area contributed by atoms with Gasteiger partial charge < -0.3 is 10.4 Å². The number of rotatable bonds is 7. The highest BCUT2D eigenvalue weighted by molar-refractivity contribution is 7.99. The standard InChI is InChI=1S/C15H25NOS/c1-5-16-15(4,11-17)8-9-18-14-7-6-12(2)13(3)10-14/h6-7,10,16-17H,5,8-9,11H2,1-4H3. The van der Waals surface area contributed by atoms with Gasteiger partial charge in [0.15, 0.2) is 0 Å². The molecule has 0 spiro atoms. The number of benzene rings is 1. The number of hydrogen-bond donors (Lipinski definition) is 2. The zero-order chi connectivity index (χ0) is 13.6. The van der Waals surface area contributed by atoms with Crippen LogP contribution in [-0.4, -0.2) is 29.5 Å². The second-order valence-electron chi connectivity index (χ2n) is 5.09. The van der Waals surface area contributed by atoms with Crippen LogP contribution >= 0.6 is 11.8 Å². The van der Waals surface area contributed by atoms with E-state index in [2.05, 4.69) is 51.2 Å². The van der Waals surface area contributed by atoms with Crippen molar-refractivity contribution in [2.75, 3.05) is 18.9 Å². The molecule has 0 aliphatic rings. The molecule has 102 valence electrons. The maximum atomic E-state index is 9.42. The summed E-state index contributed by atoms with van der Waals surface area (Å²) in [5, 5.41) is 12.8. The van der Waals surface area contributed by atoms with Gasteiger partial charge in [0.05, 0.1) is 6.61 Å². The Balaban J connectivity index is 2.47. The lowest BCUT2D eigenvalue weighted by Crippen LogP contribution is -2.46. The average molecular weight is 267 g/mol. The zero-order valence-electron chi connectivity index (χ0n) is 11.9. The van der Waals surface area contributed by atoms with E-state index >= 15 is 0 Å². The largest absolute Gasteiger partial charge is 0.394 e. The second kappa shape index (κ2) is 7.17. The molecule has 1 unspecified atom stereocenters. The summed E-state index contributed by atoms with van der Waals surface area (Å²) < 4.78 is 0. The summed E-state index contributed by atoms with van der Waals surface area (Å²) in [5.74, 6) is 1.02. The number of likely N-dealkylation sites (N-methyl/N-ethyl adjacent to an activating group) is 1. The Labute approximate surface area is 115 Å². The van der Waals surface area contributed by atoms with Gasteiger partial charge in [0.25, 0.3) is 0 Å². The summed E-state index contributed by atoms with van der Waals surface area (Å²) in [6.07, 6.45) is 0.967. The lowest BCUT2D eigenvalue weighted by Gasteiger charge is -2.28. The highest BCUT2D eigenvalue weighted by Gasteiger charge is 2.21. The maximum Gasteiger partial charge on any atom is 0.0610 e. The lowest BCUT2D eigenvalue weighted by atomic mass is 10.0. The van der Waals surface area contributed by atoms with E-state index < -0.39 is 0 Å². The summed E-state index contributed by atoms with van der Waals surface area (Å²) in [5.41, 5.74) is 2.53. The number of nitrogens with one attached hydrogen (secondary N) is 1. The van der Waals surface area contributed by atoms with Gasteiger partial charge in [-0.05, 0) is 62.7 Å². The van der Waals surface area contributed by atoms with E-state index in [-0.39, 0.29) is 12.1 Å². The van der Waals surface area contributed by atoms with Crippen LogP contribution in [0.25, 0.3) is 0 Å². The van der Waals surface area contributed by atoms with Crippen molar-refractivity contribution >= 4 is 11.8 Å². The van der Waals surface area contributed by atoms with Crippen LogP contribution in [0, 0.1) is 13.8 Å². The summed E-state index contributed by atoms with van der Waals surface area (Å²) >= 11 is 1.86. The molecule has 1 aromatic carbocycles. The Hall–Kier alpha value is -0.510. The quantitative estimate of drug-likeness (QED) is 0.744. The molecule has 0 saturated carbocycles. The van der Waals surface area contributed by atoms with Crippen LogP contribution in [0.4, 0.5) is 0 Å². The first-order valence-corrected chi connectivity index (χ1v) is 7.55. The normalized spacial score (nSPS) is 14.5. The van der Waals surface area contributed by atoms with E-state index in [4.69, 9.17) is 0 Å². The van der Waals surface area contributed by atoms with Crippen LogP contribution in [-0.2, 0) is 0 Å². The molecule has 2 nitrogen and oxygen atoms in total. The summed E-state index contributed by atoms with van der Waals surface area (Å²) in [4.78, 5) is 1.31. The van der Waals surface area contributed by atoms with E-state index in [1.807, 2.05) is 11.8 Å². The molecule has 0 saturated heterocycles. The summed E-state index contributed by atoms with van der Waals surface area (Å²) in [7, 11) is 0. The molecule has 0 aliphatic carbocycles. The minimum atomic E-state index is -0.151. The van der Waals surface area contributed by atoms with Gasteiger partial charge in [-0.2, -0.15) is 0 Å². The molecule has 0 aromatic heterocycles. The average Bonchev–Trinajstić information content (AvgIpc) is 2.34. The second-order valence-corrected chi connectivity index (χ2v) is 6.26. The molecular weight excluding hydrogens is 242 g/mol. The van der Waals surface area contributed by atoms with Crippen LogP contribution in [0.2, 0.25) is 0 Å². The van der Waals surface area contributed by atoms with Crippen molar-refractivity contribution in [3.8, 4) is 0 Å². The minimum absolute atomic E-state index is 0.151. The first-order chi connectivity index (χ1) is 8.50. The van der Waals surface area contributed by atoms with Crippen LogP contribution in [0.3, 0.4) is 0 Å². The van der Waals surface area contributed by atoms with Crippen molar-refractivity contribution in [2.45, 2.75) is 44.6 Å². The van der Waals surface area contributed by atoms with E-state index in [1.165, 1.54) is 16.0 Å². The van der Waals surface area contributed by atoms with Crippen molar-refractivity contribution in [2.24, 2.45) is 0 Å². The molecule has 0 radical (unpaired) electrons. The topological polar surface area (TPSA) is 32.3 Å². The van der Waals surface area contributed by atoms with E-state index in [1.54, 1.807) is 0 Å². The molecule has 1 aromatic rings. The Bertz CT molecular complexity index is 381. The third kappa shape index (κ3) is 4.63. The van der Waals surface area contributed by atoms with Gasteiger partial charge in [-0.3, -0.25) is 0 Å². The van der Waals surface area contributed by atoms with Crippen molar-refractivity contribution < 1.29 is 5.11 Å². The summed E-state index contributed by atoms with van der Waals surface area (Å²) in [6.45, 7) is 9.52. The molecule has 2 N–H and O–H groups in total. The van der Waals surface area contributed by atoms with Gasteiger partial charge in [0.2, 0.25) is 0 Å². The number of aryl methyl sites for hydroxylation is 2. The van der Waals surface area contributed by atoms with Crippen molar-refractivity contribution in [1.29, 1.82) is 0 Å². The van der Waals surface area contributed by atoms with Gasteiger partial charge in [0.1, 0.15) is 0 Å². The number of aliphatic hydroxyl groups is 1. The van der Waals surface area contributed by atoms with Gasteiger partial charge in [-0.1, -0.05) is 13.0 Å². The van der Waals surface area contributed by atoms with E-state index in [0.29, 0.717) is 0 Å². The molecule has 0 amide bonds. The van der Waals surface area contributed by atoms with Crippen LogP contribution < -0.4 is 5.32 Å².